The zero-order valence-electron chi connectivity index (χ0n) is 15.5. The number of nitrogens with two attached hydrogens (primary N) is 1. The number of carbonyl (C=O) groups is 2. The van der Waals surface area contributed by atoms with Crippen molar-refractivity contribution in [1.29, 1.82) is 0 Å². The summed E-state index contributed by atoms with van der Waals surface area (Å²) in [6.07, 6.45) is 3.14. The second-order valence-electron chi connectivity index (χ2n) is 7.14. The summed E-state index contributed by atoms with van der Waals surface area (Å²) in [6, 6.07) is 3.85. The molecule has 0 radical (unpaired) electrons. The molecule has 1 aromatic heterocycles. The molecule has 2 aromatic rings. The van der Waals surface area contributed by atoms with E-state index in [4.69, 9.17) is 17.3 Å². The number of amides is 2. The van der Waals surface area contributed by atoms with E-state index in [0.29, 0.717) is 17.2 Å². The standard InChI is InChI=1S/C19H20ClFN6O2/c20-12-8-10(4-5-13(12)21)23-18(29)11-9-14(28)24-17-15(11)16(22)25-19(26-17)27-6-2-1-3-7-27/h4-5,8,11H,1-3,6-7,9H2,(H,23,29)(H3,22,24,25,26,28)/t11-/m1/s1. The predicted octanol–water partition coefficient (Wildman–Crippen LogP) is 2.91. The van der Waals surface area contributed by atoms with Crippen molar-refractivity contribution < 1.29 is 14.0 Å². The average molecular weight is 419 g/mol. The molecule has 0 aliphatic carbocycles. The van der Waals surface area contributed by atoms with Gasteiger partial charge in [-0.1, -0.05) is 11.6 Å². The second-order valence-corrected chi connectivity index (χ2v) is 7.55. The number of anilines is 4. The number of halogens is 2. The lowest BCUT2D eigenvalue weighted by molar-refractivity contribution is -0.123. The zero-order valence-corrected chi connectivity index (χ0v) is 16.3. The molecule has 2 aliphatic heterocycles. The van der Waals surface area contributed by atoms with Gasteiger partial charge in [-0.25, -0.2) is 4.39 Å². The van der Waals surface area contributed by atoms with E-state index in [2.05, 4.69) is 20.6 Å². The van der Waals surface area contributed by atoms with Crippen LogP contribution < -0.4 is 21.3 Å². The number of hydrogen-bond acceptors (Lipinski definition) is 6. The van der Waals surface area contributed by atoms with Crippen LogP contribution in [0.2, 0.25) is 5.02 Å². The summed E-state index contributed by atoms with van der Waals surface area (Å²) in [5.74, 6) is -1.39. The van der Waals surface area contributed by atoms with E-state index in [1.54, 1.807) is 0 Å². The van der Waals surface area contributed by atoms with Gasteiger partial charge in [-0.3, -0.25) is 9.59 Å². The molecule has 152 valence electrons. The minimum atomic E-state index is -0.863. The Morgan fingerprint density at radius 1 is 1.28 bits per heavy atom. The third-order valence-electron chi connectivity index (χ3n) is 5.10. The van der Waals surface area contributed by atoms with E-state index in [-0.39, 0.29) is 29.0 Å². The SMILES string of the molecule is Nc1nc(N2CCCCC2)nc2c1[C@H](C(=O)Nc1ccc(F)c(Cl)c1)CC(=O)N2. The van der Waals surface area contributed by atoms with Crippen molar-refractivity contribution in [2.24, 2.45) is 0 Å². The Labute approximate surface area is 171 Å². The highest BCUT2D eigenvalue weighted by Crippen LogP contribution is 2.37. The monoisotopic (exact) mass is 418 g/mol. The van der Waals surface area contributed by atoms with E-state index in [1.165, 1.54) is 12.1 Å². The molecule has 29 heavy (non-hydrogen) atoms. The van der Waals surface area contributed by atoms with Crippen molar-refractivity contribution in [3.05, 3.63) is 34.6 Å². The van der Waals surface area contributed by atoms with Gasteiger partial charge in [0.05, 0.1) is 16.5 Å². The van der Waals surface area contributed by atoms with Crippen molar-refractivity contribution in [3.63, 3.8) is 0 Å². The molecule has 4 N–H and O–H groups in total. The number of nitrogens with zero attached hydrogens (tertiary/aromatic N) is 3. The molecule has 1 atom stereocenters. The van der Waals surface area contributed by atoms with Gasteiger partial charge in [-0.05, 0) is 37.5 Å². The van der Waals surface area contributed by atoms with Gasteiger partial charge in [0.15, 0.2) is 0 Å². The maximum absolute atomic E-state index is 13.3. The first-order valence-electron chi connectivity index (χ1n) is 9.40. The third-order valence-corrected chi connectivity index (χ3v) is 5.39. The fourth-order valence-corrected chi connectivity index (χ4v) is 3.83. The first-order chi connectivity index (χ1) is 13.9. The van der Waals surface area contributed by atoms with Crippen LogP contribution in [-0.2, 0) is 9.59 Å². The fourth-order valence-electron chi connectivity index (χ4n) is 3.65. The number of nitrogen functional groups attached to an aromatic ring is 1. The summed E-state index contributed by atoms with van der Waals surface area (Å²) in [7, 11) is 0. The van der Waals surface area contributed by atoms with E-state index in [0.717, 1.165) is 38.4 Å². The van der Waals surface area contributed by atoms with Crippen molar-refractivity contribution in [3.8, 4) is 0 Å². The van der Waals surface area contributed by atoms with Gasteiger partial charge < -0.3 is 21.3 Å². The number of piperidine rings is 1. The lowest BCUT2D eigenvalue weighted by atomic mass is 9.92. The van der Waals surface area contributed by atoms with Gasteiger partial charge in [0.2, 0.25) is 17.8 Å². The number of aromatic nitrogens is 2. The van der Waals surface area contributed by atoms with Crippen molar-refractivity contribution >= 4 is 46.7 Å². The van der Waals surface area contributed by atoms with Crippen LogP contribution in [0.15, 0.2) is 18.2 Å². The Morgan fingerprint density at radius 2 is 2.03 bits per heavy atom. The summed E-state index contributed by atoms with van der Waals surface area (Å²) < 4.78 is 13.3. The molecular formula is C19H20ClFN6O2. The molecular weight excluding hydrogens is 399 g/mol. The number of hydrogen-bond donors (Lipinski definition) is 3. The van der Waals surface area contributed by atoms with Gasteiger partial charge in [-0.15, -0.1) is 0 Å². The first kappa shape index (κ1) is 19.4. The van der Waals surface area contributed by atoms with E-state index >= 15 is 0 Å². The summed E-state index contributed by atoms with van der Waals surface area (Å²) >= 11 is 5.77. The predicted molar refractivity (Wildman–Crippen MR) is 109 cm³/mol. The minimum absolute atomic E-state index is 0.0929. The Balaban J connectivity index is 1.63. The summed E-state index contributed by atoms with van der Waals surface area (Å²) in [5.41, 5.74) is 6.88. The van der Waals surface area contributed by atoms with Gasteiger partial charge in [0, 0.05) is 25.2 Å². The third kappa shape index (κ3) is 3.95. The van der Waals surface area contributed by atoms with Gasteiger partial charge in [0.1, 0.15) is 17.5 Å². The van der Waals surface area contributed by atoms with E-state index in [9.17, 15) is 14.0 Å². The summed E-state index contributed by atoms with van der Waals surface area (Å²) in [4.78, 5) is 36.0. The van der Waals surface area contributed by atoms with Crippen molar-refractivity contribution in [2.75, 3.05) is 34.4 Å². The van der Waals surface area contributed by atoms with Crippen LogP contribution in [0.25, 0.3) is 0 Å². The first-order valence-corrected chi connectivity index (χ1v) is 9.78. The van der Waals surface area contributed by atoms with E-state index in [1.807, 2.05) is 4.90 Å². The number of fused-ring (bicyclic) bond motifs is 1. The molecule has 2 amide bonds. The Bertz CT molecular complexity index is 979. The minimum Gasteiger partial charge on any atom is -0.383 e. The van der Waals surface area contributed by atoms with Crippen LogP contribution in [0, 0.1) is 5.82 Å². The smallest absolute Gasteiger partial charge is 0.232 e. The molecule has 1 fully saturated rings. The maximum Gasteiger partial charge on any atom is 0.232 e. The molecule has 0 unspecified atom stereocenters. The molecule has 0 spiro atoms. The Hall–Kier alpha value is -2.94. The number of carbonyl (C=O) groups excluding carboxylic acids is 2. The molecule has 0 saturated carbocycles. The largest absolute Gasteiger partial charge is 0.383 e. The topological polar surface area (TPSA) is 113 Å². The molecule has 0 bridgehead atoms. The molecule has 3 heterocycles. The van der Waals surface area contributed by atoms with Crippen LogP contribution >= 0.6 is 11.6 Å². The fraction of sp³-hybridized carbons (Fsp3) is 0.368. The molecule has 1 aromatic carbocycles. The second kappa shape index (κ2) is 7.82. The number of nitrogens with one attached hydrogen (secondary N) is 2. The summed E-state index contributed by atoms with van der Waals surface area (Å²) in [5, 5.41) is 5.24. The van der Waals surface area contributed by atoms with Gasteiger partial charge in [-0.2, -0.15) is 9.97 Å². The van der Waals surface area contributed by atoms with Gasteiger partial charge >= 0.3 is 0 Å². The van der Waals surface area contributed by atoms with Crippen LogP contribution in [0.4, 0.5) is 27.7 Å². The normalized spacial score (nSPS) is 18.8. The molecule has 4 rings (SSSR count). The Morgan fingerprint density at radius 3 is 2.76 bits per heavy atom. The lowest BCUT2D eigenvalue weighted by Crippen LogP contribution is -2.35. The molecule has 10 heteroatoms. The number of rotatable bonds is 3. The van der Waals surface area contributed by atoms with E-state index < -0.39 is 17.6 Å². The van der Waals surface area contributed by atoms with Crippen LogP contribution in [0.1, 0.15) is 37.2 Å². The van der Waals surface area contributed by atoms with Crippen LogP contribution in [-0.4, -0.2) is 34.9 Å². The average Bonchev–Trinajstić information content (AvgIpc) is 2.70. The quantitative estimate of drug-likeness (QED) is 0.706. The van der Waals surface area contributed by atoms with Crippen LogP contribution in [0.5, 0.6) is 0 Å². The highest BCUT2D eigenvalue weighted by molar-refractivity contribution is 6.31. The van der Waals surface area contributed by atoms with Crippen molar-refractivity contribution in [2.45, 2.75) is 31.6 Å². The van der Waals surface area contributed by atoms with Crippen LogP contribution in [0.3, 0.4) is 0 Å². The van der Waals surface area contributed by atoms with Gasteiger partial charge in [0.25, 0.3) is 0 Å². The highest BCUT2D eigenvalue weighted by atomic mass is 35.5. The lowest BCUT2D eigenvalue weighted by Gasteiger charge is -2.30. The number of benzene rings is 1. The summed E-state index contributed by atoms with van der Waals surface area (Å²) in [6.45, 7) is 1.64. The molecule has 1 saturated heterocycles. The molecule has 8 nitrogen and oxygen atoms in total. The van der Waals surface area contributed by atoms with Crippen molar-refractivity contribution in [1.82, 2.24) is 9.97 Å². The zero-order chi connectivity index (χ0) is 20.5. The Kier molecular flexibility index (Phi) is 5.23. The maximum atomic E-state index is 13.3. The highest BCUT2D eigenvalue weighted by Gasteiger charge is 2.35. The molecule has 2 aliphatic rings.